The van der Waals surface area contributed by atoms with Gasteiger partial charge in [-0.15, -0.1) is 0 Å². The van der Waals surface area contributed by atoms with E-state index < -0.39 is 42.3 Å². The zero-order valence-electron chi connectivity index (χ0n) is 15.5. The molecule has 0 spiro atoms. The minimum Gasteiger partial charge on any atom is -0.479 e. The Morgan fingerprint density at radius 2 is 1.35 bits per heavy atom. The Balaban J connectivity index is 4.31. The van der Waals surface area contributed by atoms with E-state index in [-0.39, 0.29) is 6.42 Å². The Kier molecular flexibility index (Phi) is 12.6. The van der Waals surface area contributed by atoms with E-state index in [0.717, 1.165) is 25.7 Å². The van der Waals surface area contributed by atoms with Crippen molar-refractivity contribution in [3.63, 3.8) is 0 Å². The van der Waals surface area contributed by atoms with Gasteiger partial charge in [-0.3, -0.25) is 4.79 Å². The topological polar surface area (TPSA) is 156 Å². The minimum atomic E-state index is -2.71. The molecule has 0 aromatic rings. The van der Waals surface area contributed by atoms with Gasteiger partial charge in [0.15, 0.2) is 17.5 Å². The molecule has 154 valence electrons. The van der Waals surface area contributed by atoms with Crippen LogP contribution in [0.2, 0.25) is 0 Å². The quantitative estimate of drug-likeness (QED) is 0.210. The molecule has 0 saturated heterocycles. The highest BCUT2D eigenvalue weighted by atomic mass is 16.4. The van der Waals surface area contributed by atoms with E-state index >= 15 is 0 Å². The second kappa shape index (κ2) is 13.2. The zero-order chi connectivity index (χ0) is 20.2. The normalized spacial score (nSPS) is 17.3. The highest BCUT2D eigenvalue weighted by Crippen LogP contribution is 2.21. The van der Waals surface area contributed by atoms with Crippen LogP contribution in [0.15, 0.2) is 0 Å². The first-order valence-corrected chi connectivity index (χ1v) is 9.35. The number of carboxylic acid groups (broad SMARTS) is 1. The number of aliphatic hydroxyl groups is 5. The molecule has 0 heterocycles. The summed E-state index contributed by atoms with van der Waals surface area (Å²) in [5.41, 5.74) is -2.71. The fourth-order valence-electron chi connectivity index (χ4n) is 2.76. The van der Waals surface area contributed by atoms with E-state index in [2.05, 4.69) is 6.92 Å². The third-order valence-corrected chi connectivity index (χ3v) is 4.62. The van der Waals surface area contributed by atoms with Crippen molar-refractivity contribution in [2.75, 3.05) is 6.61 Å². The Bertz CT molecular complexity index is 414. The number of aliphatic carboxylic acids is 1. The van der Waals surface area contributed by atoms with E-state index in [1.165, 1.54) is 25.7 Å². The monoisotopic (exact) mass is 378 g/mol. The number of rotatable bonds is 16. The predicted molar refractivity (Wildman–Crippen MR) is 94.5 cm³/mol. The summed E-state index contributed by atoms with van der Waals surface area (Å²) < 4.78 is 0. The van der Waals surface area contributed by atoms with E-state index in [1.807, 2.05) is 0 Å². The van der Waals surface area contributed by atoms with Crippen molar-refractivity contribution < 1.29 is 40.2 Å². The number of Topliss-reactive ketones (excluding diaryl/α,β-unsaturated/α-hetero) is 1. The Labute approximate surface area is 154 Å². The van der Waals surface area contributed by atoms with Crippen molar-refractivity contribution in [1.82, 2.24) is 0 Å². The summed E-state index contributed by atoms with van der Waals surface area (Å²) in [5, 5.41) is 56.8. The molecular formula is C18H34O8. The first-order chi connectivity index (χ1) is 12.2. The molecular weight excluding hydrogens is 344 g/mol. The number of carboxylic acids is 1. The second-order valence-corrected chi connectivity index (χ2v) is 6.80. The number of aliphatic hydroxyl groups excluding tert-OH is 4. The third-order valence-electron chi connectivity index (χ3n) is 4.62. The summed E-state index contributed by atoms with van der Waals surface area (Å²) in [5.74, 6) is -2.71. The van der Waals surface area contributed by atoms with E-state index in [0.29, 0.717) is 6.42 Å². The number of ketones is 1. The van der Waals surface area contributed by atoms with E-state index in [9.17, 15) is 35.1 Å². The van der Waals surface area contributed by atoms with Crippen LogP contribution in [0.25, 0.3) is 0 Å². The van der Waals surface area contributed by atoms with Gasteiger partial charge >= 0.3 is 5.97 Å². The molecule has 0 rings (SSSR count). The first-order valence-electron chi connectivity index (χ1n) is 9.35. The smallest absolute Gasteiger partial charge is 0.335 e. The molecule has 4 unspecified atom stereocenters. The van der Waals surface area contributed by atoms with Crippen molar-refractivity contribution in [1.29, 1.82) is 0 Å². The van der Waals surface area contributed by atoms with Crippen LogP contribution in [0, 0.1) is 0 Å². The van der Waals surface area contributed by atoms with Gasteiger partial charge in [-0.2, -0.15) is 0 Å². The zero-order valence-corrected chi connectivity index (χ0v) is 15.5. The number of carbonyl (C=O) groups excluding carboxylic acids is 1. The minimum absolute atomic E-state index is 0.125. The molecule has 0 amide bonds. The maximum absolute atomic E-state index is 12.1. The van der Waals surface area contributed by atoms with Crippen LogP contribution >= 0.6 is 0 Å². The van der Waals surface area contributed by atoms with Crippen molar-refractivity contribution >= 4 is 11.8 Å². The van der Waals surface area contributed by atoms with Gasteiger partial charge in [0.05, 0.1) is 6.61 Å². The lowest BCUT2D eigenvalue weighted by Gasteiger charge is -2.33. The molecule has 0 aliphatic rings. The SMILES string of the molecule is CCCCCCCCCCCC(=O)C(O)(CO)C(O)C(O)C(O)C(=O)O. The van der Waals surface area contributed by atoms with Crippen LogP contribution in [-0.2, 0) is 9.59 Å². The summed E-state index contributed by atoms with van der Waals surface area (Å²) >= 11 is 0. The van der Waals surface area contributed by atoms with Crippen LogP contribution in [0.1, 0.15) is 71.1 Å². The molecule has 26 heavy (non-hydrogen) atoms. The van der Waals surface area contributed by atoms with Crippen LogP contribution in [0.4, 0.5) is 0 Å². The third kappa shape index (κ3) is 8.09. The lowest BCUT2D eigenvalue weighted by atomic mass is 9.85. The standard InChI is InChI=1S/C18H34O8/c1-2-3-4-5-6-7-8-9-10-11-13(20)18(26,12-19)16(23)14(21)15(22)17(24)25/h14-16,19,21-23,26H,2-12H2,1H3,(H,24,25). The first kappa shape index (κ1) is 24.9. The van der Waals surface area contributed by atoms with Gasteiger partial charge in [-0.25, -0.2) is 4.79 Å². The molecule has 4 atom stereocenters. The lowest BCUT2D eigenvalue weighted by molar-refractivity contribution is -0.188. The van der Waals surface area contributed by atoms with E-state index in [4.69, 9.17) is 5.11 Å². The second-order valence-electron chi connectivity index (χ2n) is 6.80. The Hall–Kier alpha value is -1.06. The summed E-state index contributed by atoms with van der Waals surface area (Å²) in [6.07, 6.45) is 2.01. The molecule has 0 saturated carbocycles. The molecule has 8 heteroatoms. The number of hydrogen-bond acceptors (Lipinski definition) is 7. The molecule has 0 radical (unpaired) electrons. The number of carbonyl (C=O) groups is 2. The fraction of sp³-hybridized carbons (Fsp3) is 0.889. The van der Waals surface area contributed by atoms with Crippen LogP contribution < -0.4 is 0 Å². The van der Waals surface area contributed by atoms with Gasteiger partial charge < -0.3 is 30.6 Å². The van der Waals surface area contributed by atoms with Crippen molar-refractivity contribution in [3.8, 4) is 0 Å². The number of unbranched alkanes of at least 4 members (excludes halogenated alkanes) is 8. The average molecular weight is 378 g/mol. The summed E-state index contributed by atoms with van der Waals surface area (Å²) in [4.78, 5) is 22.8. The molecule has 0 bridgehead atoms. The maximum atomic E-state index is 12.1. The summed E-state index contributed by atoms with van der Waals surface area (Å²) in [6.45, 7) is 0.969. The summed E-state index contributed by atoms with van der Waals surface area (Å²) in [6, 6.07) is 0. The van der Waals surface area contributed by atoms with Gasteiger partial charge in [0.1, 0.15) is 12.2 Å². The summed E-state index contributed by atoms with van der Waals surface area (Å²) in [7, 11) is 0. The van der Waals surface area contributed by atoms with Gasteiger partial charge in [0.25, 0.3) is 0 Å². The van der Waals surface area contributed by atoms with Crippen molar-refractivity contribution in [3.05, 3.63) is 0 Å². The molecule has 0 aliphatic heterocycles. The number of hydrogen-bond donors (Lipinski definition) is 6. The Morgan fingerprint density at radius 3 is 1.77 bits per heavy atom. The molecule has 0 aliphatic carbocycles. The molecule has 6 N–H and O–H groups in total. The van der Waals surface area contributed by atoms with Crippen LogP contribution in [-0.4, -0.2) is 72.9 Å². The van der Waals surface area contributed by atoms with Gasteiger partial charge in [-0.1, -0.05) is 58.3 Å². The van der Waals surface area contributed by atoms with Crippen molar-refractivity contribution in [2.24, 2.45) is 0 Å². The predicted octanol–water partition coefficient (Wildman–Crippen LogP) is 0.367. The maximum Gasteiger partial charge on any atom is 0.335 e. The highest BCUT2D eigenvalue weighted by molar-refractivity contribution is 5.88. The van der Waals surface area contributed by atoms with Gasteiger partial charge in [-0.05, 0) is 6.42 Å². The largest absolute Gasteiger partial charge is 0.479 e. The molecule has 0 fully saturated rings. The molecule has 0 aromatic carbocycles. The average Bonchev–Trinajstić information content (AvgIpc) is 2.63. The lowest BCUT2D eigenvalue weighted by Crippen LogP contribution is -2.60. The van der Waals surface area contributed by atoms with E-state index in [1.54, 1.807) is 0 Å². The molecule has 0 aromatic heterocycles. The van der Waals surface area contributed by atoms with Crippen LogP contribution in [0.5, 0.6) is 0 Å². The fourth-order valence-corrected chi connectivity index (χ4v) is 2.76. The van der Waals surface area contributed by atoms with Crippen LogP contribution in [0.3, 0.4) is 0 Å². The van der Waals surface area contributed by atoms with Gasteiger partial charge in [0, 0.05) is 6.42 Å². The Morgan fingerprint density at radius 1 is 0.885 bits per heavy atom. The molecule has 8 nitrogen and oxygen atoms in total. The van der Waals surface area contributed by atoms with Crippen molar-refractivity contribution in [2.45, 2.75) is 95.0 Å². The highest BCUT2D eigenvalue weighted by Gasteiger charge is 2.48. The van der Waals surface area contributed by atoms with Gasteiger partial charge in [0.2, 0.25) is 0 Å².